The van der Waals surface area contributed by atoms with Gasteiger partial charge in [0.25, 0.3) is 5.91 Å². The van der Waals surface area contributed by atoms with Crippen LogP contribution in [0.2, 0.25) is 0 Å². The quantitative estimate of drug-likeness (QED) is 0.861. The average Bonchev–Trinajstić information content (AvgIpc) is 2.91. The smallest absolute Gasteiger partial charge is 0.252 e. The van der Waals surface area contributed by atoms with Gasteiger partial charge in [0, 0.05) is 23.6 Å². The van der Waals surface area contributed by atoms with Gasteiger partial charge in [0.05, 0.1) is 12.1 Å². The molecule has 1 aromatic rings. The van der Waals surface area contributed by atoms with Gasteiger partial charge in [-0.2, -0.15) is 11.8 Å². The van der Waals surface area contributed by atoms with E-state index in [1.807, 2.05) is 11.8 Å². The predicted molar refractivity (Wildman–Crippen MR) is 79.2 cm³/mol. The van der Waals surface area contributed by atoms with Gasteiger partial charge in [-0.25, -0.2) is 4.98 Å². The molecule has 2 N–H and O–H groups in total. The van der Waals surface area contributed by atoms with Crippen molar-refractivity contribution in [3.05, 3.63) is 23.9 Å². The highest BCUT2D eigenvalue weighted by atomic mass is 32.2. The van der Waals surface area contributed by atoms with Gasteiger partial charge in [0.2, 0.25) is 5.88 Å². The summed E-state index contributed by atoms with van der Waals surface area (Å²) in [4.78, 5) is 16.2. The largest absolute Gasteiger partial charge is 0.473 e. The van der Waals surface area contributed by atoms with Crippen LogP contribution in [-0.4, -0.2) is 45.8 Å². The first kappa shape index (κ1) is 15.1. The predicted octanol–water partition coefficient (Wildman–Crippen LogP) is 1.47. The Balaban J connectivity index is 2.03. The number of nitrogens with one attached hydrogen (secondary N) is 1. The molecule has 1 aliphatic rings. The molecule has 2 heterocycles. The number of nitrogens with zero attached hydrogens (tertiary/aromatic N) is 1. The van der Waals surface area contributed by atoms with E-state index in [0.717, 1.165) is 17.9 Å². The van der Waals surface area contributed by atoms with Gasteiger partial charge in [-0.05, 0) is 32.1 Å². The van der Waals surface area contributed by atoms with E-state index in [4.69, 9.17) is 4.74 Å². The Hall–Kier alpha value is -1.27. The summed E-state index contributed by atoms with van der Waals surface area (Å²) in [5, 5.41) is 11.9. The number of hydrogen-bond donors (Lipinski definition) is 2. The van der Waals surface area contributed by atoms with Crippen molar-refractivity contribution in [3.63, 3.8) is 0 Å². The first-order valence-electron chi connectivity index (χ1n) is 6.64. The number of ether oxygens (including phenoxy) is 1. The number of carbonyl (C=O) groups is 1. The van der Waals surface area contributed by atoms with E-state index < -0.39 is 5.54 Å². The maximum Gasteiger partial charge on any atom is 0.252 e. The molecule has 5 nitrogen and oxygen atoms in total. The standard InChI is InChI=1S/C14H20N2O3S/c1-14(2,9-17)16-13(18)10-3-5-15-12(7-10)19-11-4-6-20-8-11/h3,5,7,11,17H,4,6,8-9H2,1-2H3,(H,16,18)/t11-/m0/s1. The third-order valence-corrected chi connectivity index (χ3v) is 4.15. The van der Waals surface area contributed by atoms with E-state index in [1.165, 1.54) is 0 Å². The Kier molecular flexibility index (Phi) is 4.88. The number of thioether (sulfide) groups is 1. The zero-order valence-corrected chi connectivity index (χ0v) is 12.6. The van der Waals surface area contributed by atoms with Gasteiger partial charge in [0.1, 0.15) is 6.10 Å². The molecule has 1 amide bonds. The highest BCUT2D eigenvalue weighted by Crippen LogP contribution is 2.22. The number of aliphatic hydroxyl groups is 1. The second-order valence-electron chi connectivity index (χ2n) is 5.48. The average molecular weight is 296 g/mol. The van der Waals surface area contributed by atoms with Crippen LogP contribution in [0.15, 0.2) is 18.3 Å². The zero-order valence-electron chi connectivity index (χ0n) is 11.8. The number of hydrogen-bond acceptors (Lipinski definition) is 5. The molecule has 1 fully saturated rings. The minimum Gasteiger partial charge on any atom is -0.473 e. The maximum absolute atomic E-state index is 12.1. The van der Waals surface area contributed by atoms with Crippen LogP contribution in [-0.2, 0) is 0 Å². The van der Waals surface area contributed by atoms with Crippen molar-refractivity contribution in [1.29, 1.82) is 0 Å². The molecule has 0 bridgehead atoms. The van der Waals surface area contributed by atoms with Gasteiger partial charge < -0.3 is 15.2 Å². The molecule has 0 spiro atoms. The Labute approximate surface area is 123 Å². The summed E-state index contributed by atoms with van der Waals surface area (Å²) in [5.74, 6) is 2.31. The van der Waals surface area contributed by atoms with Crippen molar-refractivity contribution in [1.82, 2.24) is 10.3 Å². The summed E-state index contributed by atoms with van der Waals surface area (Å²) in [6.07, 6.45) is 2.76. The van der Waals surface area contributed by atoms with Crippen molar-refractivity contribution in [2.75, 3.05) is 18.1 Å². The summed E-state index contributed by atoms with van der Waals surface area (Å²) in [6, 6.07) is 3.28. The summed E-state index contributed by atoms with van der Waals surface area (Å²) in [7, 11) is 0. The second kappa shape index (κ2) is 6.45. The van der Waals surface area contributed by atoms with Crippen LogP contribution in [0.4, 0.5) is 0 Å². The van der Waals surface area contributed by atoms with Crippen LogP contribution in [0, 0.1) is 0 Å². The lowest BCUT2D eigenvalue weighted by molar-refractivity contribution is 0.0868. The molecule has 110 valence electrons. The van der Waals surface area contributed by atoms with Gasteiger partial charge in [-0.15, -0.1) is 0 Å². The lowest BCUT2D eigenvalue weighted by Crippen LogP contribution is -2.46. The number of aromatic nitrogens is 1. The molecule has 0 saturated carbocycles. The molecule has 0 unspecified atom stereocenters. The van der Waals surface area contributed by atoms with E-state index in [-0.39, 0.29) is 18.6 Å². The lowest BCUT2D eigenvalue weighted by Gasteiger charge is -2.23. The summed E-state index contributed by atoms with van der Waals surface area (Å²) in [5.41, 5.74) is -0.161. The van der Waals surface area contributed by atoms with E-state index in [0.29, 0.717) is 11.4 Å². The summed E-state index contributed by atoms with van der Waals surface area (Å²) >= 11 is 1.86. The Morgan fingerprint density at radius 2 is 2.45 bits per heavy atom. The van der Waals surface area contributed by atoms with E-state index in [9.17, 15) is 9.90 Å². The van der Waals surface area contributed by atoms with Crippen molar-refractivity contribution in [3.8, 4) is 5.88 Å². The second-order valence-corrected chi connectivity index (χ2v) is 6.63. The fourth-order valence-electron chi connectivity index (χ4n) is 1.81. The van der Waals surface area contributed by atoms with Crippen LogP contribution >= 0.6 is 11.8 Å². The molecule has 1 aromatic heterocycles. The van der Waals surface area contributed by atoms with Crippen LogP contribution in [0.3, 0.4) is 0 Å². The third kappa shape index (κ3) is 4.11. The van der Waals surface area contributed by atoms with E-state index >= 15 is 0 Å². The molecular weight excluding hydrogens is 276 g/mol. The van der Waals surface area contributed by atoms with E-state index in [1.54, 1.807) is 32.2 Å². The number of carbonyl (C=O) groups excluding carboxylic acids is 1. The van der Waals surface area contributed by atoms with Gasteiger partial charge in [-0.1, -0.05) is 0 Å². The first-order valence-corrected chi connectivity index (χ1v) is 7.79. The third-order valence-electron chi connectivity index (χ3n) is 3.02. The molecule has 0 radical (unpaired) electrons. The van der Waals surface area contributed by atoms with Gasteiger partial charge in [0.15, 0.2) is 0 Å². The number of rotatable bonds is 5. The van der Waals surface area contributed by atoms with Crippen molar-refractivity contribution >= 4 is 17.7 Å². The molecule has 2 rings (SSSR count). The van der Waals surface area contributed by atoms with Crippen LogP contribution in [0.5, 0.6) is 5.88 Å². The van der Waals surface area contributed by atoms with E-state index in [2.05, 4.69) is 10.3 Å². The molecule has 20 heavy (non-hydrogen) atoms. The molecule has 0 aliphatic carbocycles. The van der Waals surface area contributed by atoms with Crippen molar-refractivity contribution < 1.29 is 14.6 Å². The minimum absolute atomic E-state index is 0.119. The first-order chi connectivity index (χ1) is 9.50. The Morgan fingerprint density at radius 3 is 3.10 bits per heavy atom. The highest BCUT2D eigenvalue weighted by molar-refractivity contribution is 7.99. The minimum atomic E-state index is -0.649. The number of pyridine rings is 1. The van der Waals surface area contributed by atoms with Gasteiger partial charge in [-0.3, -0.25) is 4.79 Å². The Bertz CT molecular complexity index is 473. The topological polar surface area (TPSA) is 71.5 Å². The molecule has 0 aromatic carbocycles. The van der Waals surface area contributed by atoms with Crippen molar-refractivity contribution in [2.45, 2.75) is 31.9 Å². The van der Waals surface area contributed by atoms with Crippen LogP contribution in [0.25, 0.3) is 0 Å². The lowest BCUT2D eigenvalue weighted by atomic mass is 10.1. The Morgan fingerprint density at radius 1 is 1.65 bits per heavy atom. The normalized spacial score (nSPS) is 18.9. The SMILES string of the molecule is CC(C)(CO)NC(=O)c1ccnc(O[C@H]2CCSC2)c1. The van der Waals surface area contributed by atoms with Gasteiger partial charge >= 0.3 is 0 Å². The highest BCUT2D eigenvalue weighted by Gasteiger charge is 2.21. The molecule has 1 atom stereocenters. The van der Waals surface area contributed by atoms with Crippen LogP contribution in [0.1, 0.15) is 30.6 Å². The molecular formula is C14H20N2O3S. The number of aliphatic hydroxyl groups excluding tert-OH is 1. The maximum atomic E-state index is 12.1. The molecule has 6 heteroatoms. The number of amides is 1. The summed E-state index contributed by atoms with van der Waals surface area (Å²) in [6.45, 7) is 3.41. The summed E-state index contributed by atoms with van der Waals surface area (Å²) < 4.78 is 5.76. The van der Waals surface area contributed by atoms with Crippen LogP contribution < -0.4 is 10.1 Å². The fourth-order valence-corrected chi connectivity index (χ4v) is 2.90. The van der Waals surface area contributed by atoms with Crippen molar-refractivity contribution in [2.24, 2.45) is 0 Å². The zero-order chi connectivity index (χ0) is 14.6. The fraction of sp³-hybridized carbons (Fsp3) is 0.571. The molecule has 1 saturated heterocycles. The monoisotopic (exact) mass is 296 g/mol. The molecule has 1 aliphatic heterocycles.